The zero-order chi connectivity index (χ0) is 18.0. The Morgan fingerprint density at radius 2 is 1.88 bits per heavy atom. The van der Waals surface area contributed by atoms with Crippen LogP contribution in [0, 0.1) is 0 Å². The van der Waals surface area contributed by atoms with Gasteiger partial charge in [-0.15, -0.1) is 0 Å². The molecule has 1 saturated heterocycles. The molecule has 1 aliphatic heterocycles. The average molecular weight is 343 g/mol. The maximum atomic E-state index is 12.2. The number of fused-ring (bicyclic) bond motifs is 1. The number of hydrogen-bond donors (Lipinski definition) is 1. The molecule has 7 nitrogen and oxygen atoms in total. The summed E-state index contributed by atoms with van der Waals surface area (Å²) in [5.74, 6) is 0.764. The number of aromatic nitrogens is 2. The number of amides is 1. The lowest BCUT2D eigenvalue weighted by Gasteiger charge is -2.38. The highest BCUT2D eigenvalue weighted by Gasteiger charge is 2.26. The molecule has 1 atom stereocenters. The molecule has 3 rings (SSSR count). The molecule has 7 heteroatoms. The Morgan fingerprint density at radius 1 is 1.16 bits per heavy atom. The van der Waals surface area contributed by atoms with Gasteiger partial charge in [-0.05, 0) is 32.9 Å². The molecule has 0 bridgehead atoms. The smallest absolute Gasteiger partial charge is 0.259 e. The van der Waals surface area contributed by atoms with Gasteiger partial charge in [-0.3, -0.25) is 18.9 Å². The SMILES string of the molecule is CC(C)NC(=O)C(C)N1CCN(c2cc(=O)n3ccccc3n2)CC1. The van der Waals surface area contributed by atoms with Gasteiger partial charge in [-0.2, -0.15) is 0 Å². The number of hydrogen-bond acceptors (Lipinski definition) is 5. The molecule has 3 heterocycles. The van der Waals surface area contributed by atoms with E-state index in [1.54, 1.807) is 12.3 Å². The second kappa shape index (κ2) is 7.23. The Balaban J connectivity index is 1.68. The normalized spacial score (nSPS) is 17.0. The van der Waals surface area contributed by atoms with Crippen molar-refractivity contribution in [3.8, 4) is 0 Å². The fraction of sp³-hybridized carbons (Fsp3) is 0.500. The summed E-state index contributed by atoms with van der Waals surface area (Å²) in [6.45, 7) is 8.89. The molecule has 0 aliphatic carbocycles. The lowest BCUT2D eigenvalue weighted by atomic mass is 10.2. The predicted molar refractivity (Wildman–Crippen MR) is 98.0 cm³/mol. The van der Waals surface area contributed by atoms with Crippen molar-refractivity contribution in [3.05, 3.63) is 40.8 Å². The van der Waals surface area contributed by atoms with E-state index in [2.05, 4.69) is 20.1 Å². The molecule has 1 aliphatic rings. The molecule has 134 valence electrons. The van der Waals surface area contributed by atoms with Crippen LogP contribution in [0.1, 0.15) is 20.8 Å². The number of carbonyl (C=O) groups is 1. The molecule has 2 aromatic heterocycles. The van der Waals surface area contributed by atoms with Gasteiger partial charge < -0.3 is 10.2 Å². The molecule has 1 amide bonds. The number of carbonyl (C=O) groups excluding carboxylic acids is 1. The van der Waals surface area contributed by atoms with Crippen molar-refractivity contribution in [3.63, 3.8) is 0 Å². The van der Waals surface area contributed by atoms with E-state index in [-0.39, 0.29) is 23.6 Å². The van der Waals surface area contributed by atoms with Crippen molar-refractivity contribution in [1.82, 2.24) is 19.6 Å². The minimum atomic E-state index is -0.153. The highest BCUT2D eigenvalue weighted by Crippen LogP contribution is 2.14. The van der Waals surface area contributed by atoms with Crippen molar-refractivity contribution in [1.29, 1.82) is 0 Å². The molecule has 2 aromatic rings. The zero-order valence-corrected chi connectivity index (χ0v) is 15.0. The van der Waals surface area contributed by atoms with Gasteiger partial charge in [0.1, 0.15) is 11.5 Å². The molecular weight excluding hydrogens is 318 g/mol. The van der Waals surface area contributed by atoms with E-state index in [1.165, 1.54) is 4.40 Å². The highest BCUT2D eigenvalue weighted by atomic mass is 16.2. The first-order valence-corrected chi connectivity index (χ1v) is 8.73. The van der Waals surface area contributed by atoms with Crippen molar-refractivity contribution < 1.29 is 4.79 Å². The number of pyridine rings is 1. The molecule has 0 aromatic carbocycles. The quantitative estimate of drug-likeness (QED) is 0.886. The Morgan fingerprint density at radius 3 is 2.56 bits per heavy atom. The first-order valence-electron chi connectivity index (χ1n) is 8.73. The van der Waals surface area contributed by atoms with E-state index < -0.39 is 0 Å². The van der Waals surface area contributed by atoms with Crippen molar-refractivity contribution in [2.75, 3.05) is 31.1 Å². The molecule has 0 saturated carbocycles. The number of nitrogens with zero attached hydrogens (tertiary/aromatic N) is 4. The van der Waals surface area contributed by atoms with Gasteiger partial charge in [0, 0.05) is 44.5 Å². The number of rotatable bonds is 4. The highest BCUT2D eigenvalue weighted by molar-refractivity contribution is 5.81. The van der Waals surface area contributed by atoms with Crippen LogP contribution in [0.25, 0.3) is 5.65 Å². The van der Waals surface area contributed by atoms with E-state index >= 15 is 0 Å². The third-order valence-corrected chi connectivity index (χ3v) is 4.55. The molecular formula is C18H25N5O2. The maximum absolute atomic E-state index is 12.2. The van der Waals surface area contributed by atoms with Crippen LogP contribution in [0.5, 0.6) is 0 Å². The van der Waals surface area contributed by atoms with Gasteiger partial charge >= 0.3 is 0 Å². The van der Waals surface area contributed by atoms with Crippen molar-refractivity contribution in [2.24, 2.45) is 0 Å². The van der Waals surface area contributed by atoms with Crippen molar-refractivity contribution in [2.45, 2.75) is 32.9 Å². The van der Waals surface area contributed by atoms with E-state index in [0.29, 0.717) is 11.5 Å². The second-order valence-electron chi connectivity index (χ2n) is 6.74. The van der Waals surface area contributed by atoms with Crippen LogP contribution in [0.2, 0.25) is 0 Å². The minimum absolute atomic E-state index is 0.0607. The number of nitrogens with one attached hydrogen (secondary N) is 1. The summed E-state index contributed by atoms with van der Waals surface area (Å²) in [6.07, 6.45) is 1.72. The zero-order valence-electron chi connectivity index (χ0n) is 15.0. The molecule has 1 fully saturated rings. The lowest BCUT2D eigenvalue weighted by molar-refractivity contribution is -0.126. The summed E-state index contributed by atoms with van der Waals surface area (Å²) < 4.78 is 1.54. The largest absolute Gasteiger partial charge is 0.354 e. The molecule has 1 unspecified atom stereocenters. The topological polar surface area (TPSA) is 70.0 Å². The summed E-state index contributed by atoms with van der Waals surface area (Å²) in [5, 5.41) is 2.96. The number of piperazine rings is 1. The van der Waals surface area contributed by atoms with Gasteiger partial charge in [-0.25, -0.2) is 4.98 Å². The van der Waals surface area contributed by atoms with E-state index in [4.69, 9.17) is 0 Å². The summed E-state index contributed by atoms with van der Waals surface area (Å²) >= 11 is 0. The predicted octanol–water partition coefficient (Wildman–Crippen LogP) is 0.730. The van der Waals surface area contributed by atoms with Crippen LogP contribution < -0.4 is 15.8 Å². The fourth-order valence-electron chi connectivity index (χ4n) is 3.11. The third-order valence-electron chi connectivity index (χ3n) is 4.55. The second-order valence-corrected chi connectivity index (χ2v) is 6.74. The average Bonchev–Trinajstić information content (AvgIpc) is 2.60. The number of anilines is 1. The first-order chi connectivity index (χ1) is 12.0. The molecule has 0 spiro atoms. The van der Waals surface area contributed by atoms with E-state index in [1.807, 2.05) is 39.0 Å². The Hall–Kier alpha value is -2.41. The van der Waals surface area contributed by atoms with E-state index in [0.717, 1.165) is 26.2 Å². The molecule has 0 radical (unpaired) electrons. The monoisotopic (exact) mass is 343 g/mol. The van der Waals surface area contributed by atoms with Crippen LogP contribution in [-0.4, -0.2) is 58.5 Å². The van der Waals surface area contributed by atoms with Crippen LogP contribution in [0.15, 0.2) is 35.3 Å². The van der Waals surface area contributed by atoms with Gasteiger partial charge in [0.15, 0.2) is 0 Å². The molecule has 25 heavy (non-hydrogen) atoms. The van der Waals surface area contributed by atoms with Crippen LogP contribution in [-0.2, 0) is 4.79 Å². The third kappa shape index (κ3) is 3.82. The summed E-state index contributed by atoms with van der Waals surface area (Å²) in [6, 6.07) is 7.10. The first kappa shape index (κ1) is 17.4. The summed E-state index contributed by atoms with van der Waals surface area (Å²) in [5.41, 5.74) is 0.574. The van der Waals surface area contributed by atoms with Crippen LogP contribution in [0.4, 0.5) is 5.82 Å². The Labute approximate surface area is 147 Å². The molecule has 1 N–H and O–H groups in total. The van der Waals surface area contributed by atoms with Gasteiger partial charge in [-0.1, -0.05) is 6.07 Å². The van der Waals surface area contributed by atoms with Gasteiger partial charge in [0.2, 0.25) is 5.91 Å². The van der Waals surface area contributed by atoms with Gasteiger partial charge in [0.25, 0.3) is 5.56 Å². The van der Waals surface area contributed by atoms with Crippen LogP contribution >= 0.6 is 0 Å². The van der Waals surface area contributed by atoms with Gasteiger partial charge in [0.05, 0.1) is 6.04 Å². The summed E-state index contributed by atoms with van der Waals surface area (Å²) in [4.78, 5) is 33.3. The summed E-state index contributed by atoms with van der Waals surface area (Å²) in [7, 11) is 0. The van der Waals surface area contributed by atoms with Crippen LogP contribution in [0.3, 0.4) is 0 Å². The lowest BCUT2D eigenvalue weighted by Crippen LogP contribution is -2.54. The Kier molecular flexibility index (Phi) is 5.03. The van der Waals surface area contributed by atoms with E-state index in [9.17, 15) is 9.59 Å². The standard InChI is InChI=1S/C18H25N5O2/c1-13(2)19-18(25)14(3)21-8-10-22(11-9-21)16-12-17(24)23-7-5-4-6-15(23)20-16/h4-7,12-14H,8-11H2,1-3H3,(H,19,25). The Bertz CT molecular complexity index is 808. The fourth-order valence-corrected chi connectivity index (χ4v) is 3.11. The maximum Gasteiger partial charge on any atom is 0.259 e. The van der Waals surface area contributed by atoms with Crippen molar-refractivity contribution >= 4 is 17.4 Å². The minimum Gasteiger partial charge on any atom is -0.354 e.